The lowest BCUT2D eigenvalue weighted by Crippen LogP contribution is -2.34. The number of nitrogens with zero attached hydrogens (tertiary/aromatic N) is 3. The van der Waals surface area contributed by atoms with Gasteiger partial charge in [-0.2, -0.15) is 0 Å². The molecular weight excluding hydrogens is 585 g/mol. The number of carbonyl (C=O) groups excluding carboxylic acids is 1. The molecule has 5 rings (SSSR count). The van der Waals surface area contributed by atoms with Crippen LogP contribution in [0.5, 0.6) is 11.5 Å². The number of fused-ring (bicyclic) bond motifs is 1. The van der Waals surface area contributed by atoms with Crippen molar-refractivity contribution in [2.75, 3.05) is 26.8 Å². The number of ether oxygens (including phenoxy) is 3. The topological polar surface area (TPSA) is 86.0 Å². The number of methoxy groups -OCH3 is 1. The number of para-hydroxylation sites is 1. The zero-order valence-electron chi connectivity index (χ0n) is 25.8. The molecule has 8 nitrogen and oxygen atoms in total. The highest BCUT2D eigenvalue weighted by atomic mass is 35.5. The predicted molar refractivity (Wildman–Crippen MR) is 170 cm³/mol. The number of rotatable bonds is 12. The van der Waals surface area contributed by atoms with E-state index in [-0.39, 0.29) is 40.8 Å². The van der Waals surface area contributed by atoms with E-state index in [9.17, 15) is 14.3 Å². The lowest BCUT2D eigenvalue weighted by atomic mass is 9.87. The van der Waals surface area contributed by atoms with Gasteiger partial charge in [0.2, 0.25) is 0 Å². The Morgan fingerprint density at radius 3 is 2.64 bits per heavy atom. The summed E-state index contributed by atoms with van der Waals surface area (Å²) in [6, 6.07) is 10.6. The predicted octanol–water partition coefficient (Wildman–Crippen LogP) is 6.74. The molecule has 1 unspecified atom stereocenters. The number of hydrogen-bond donors (Lipinski definition) is 1. The highest BCUT2D eigenvalue weighted by molar-refractivity contribution is 6.20. The van der Waals surface area contributed by atoms with Crippen molar-refractivity contribution < 1.29 is 28.5 Å². The van der Waals surface area contributed by atoms with E-state index in [1.54, 1.807) is 18.2 Å². The van der Waals surface area contributed by atoms with Gasteiger partial charge in [-0.3, -0.25) is 4.90 Å². The molecule has 2 aromatic carbocycles. The summed E-state index contributed by atoms with van der Waals surface area (Å²) in [4.78, 5) is 19.4. The lowest BCUT2D eigenvalue weighted by molar-refractivity contribution is -0.0591. The SMILES string of the molecule is C=C(F)C(Oc1c(O)cccc1C1=CCN(Cc2nc3ccc(C(=O)OC)cc3n2C[C@@H]2CCO2)CC1)[C@H](C)[C@H](C)[C@H](C)Cl. The van der Waals surface area contributed by atoms with Crippen LogP contribution in [0.2, 0.25) is 0 Å². The van der Waals surface area contributed by atoms with Crippen LogP contribution in [0.4, 0.5) is 4.39 Å². The van der Waals surface area contributed by atoms with Crippen molar-refractivity contribution in [3.05, 3.63) is 71.8 Å². The number of halogens is 2. The molecule has 0 saturated carbocycles. The summed E-state index contributed by atoms with van der Waals surface area (Å²) in [5.74, 6) is -0.195. The van der Waals surface area contributed by atoms with E-state index in [0.29, 0.717) is 31.6 Å². The number of imidazole rings is 1. The number of hydrogen-bond acceptors (Lipinski definition) is 7. The Morgan fingerprint density at radius 1 is 1.25 bits per heavy atom. The minimum Gasteiger partial charge on any atom is -0.504 e. The molecule has 0 amide bonds. The van der Waals surface area contributed by atoms with Crippen LogP contribution in [-0.4, -0.2) is 69.9 Å². The first kappa shape index (κ1) is 32.0. The number of esters is 1. The van der Waals surface area contributed by atoms with E-state index < -0.39 is 11.9 Å². The Labute approximate surface area is 263 Å². The summed E-state index contributed by atoms with van der Waals surface area (Å²) >= 11 is 6.32. The third-order valence-electron chi connectivity index (χ3n) is 9.01. The first-order valence-electron chi connectivity index (χ1n) is 15.1. The van der Waals surface area contributed by atoms with Crippen molar-refractivity contribution in [2.45, 2.75) is 64.3 Å². The van der Waals surface area contributed by atoms with Crippen molar-refractivity contribution in [1.29, 1.82) is 0 Å². The minimum atomic E-state index is -0.953. The van der Waals surface area contributed by atoms with Gasteiger partial charge in [0.05, 0.1) is 42.9 Å². The van der Waals surface area contributed by atoms with Crippen LogP contribution in [0.15, 0.2) is 54.9 Å². The van der Waals surface area contributed by atoms with Gasteiger partial charge in [-0.15, -0.1) is 11.6 Å². The maximum Gasteiger partial charge on any atom is 0.337 e. The molecule has 3 heterocycles. The first-order valence-corrected chi connectivity index (χ1v) is 15.6. The maximum atomic E-state index is 14.7. The average Bonchev–Trinajstić information content (AvgIpc) is 3.32. The van der Waals surface area contributed by atoms with Gasteiger partial charge >= 0.3 is 5.97 Å². The van der Waals surface area contributed by atoms with Gasteiger partial charge in [0.15, 0.2) is 17.6 Å². The van der Waals surface area contributed by atoms with Crippen LogP contribution in [0.25, 0.3) is 16.6 Å². The number of carbonyl (C=O) groups is 1. The second-order valence-corrected chi connectivity index (χ2v) is 12.6. The van der Waals surface area contributed by atoms with Crippen LogP contribution in [0, 0.1) is 11.8 Å². The number of aromatic nitrogens is 2. The monoisotopic (exact) mass is 625 g/mol. The van der Waals surface area contributed by atoms with E-state index in [4.69, 9.17) is 30.8 Å². The van der Waals surface area contributed by atoms with Gasteiger partial charge in [0.1, 0.15) is 11.7 Å². The summed E-state index contributed by atoms with van der Waals surface area (Å²) in [6.07, 6.45) is 2.97. The van der Waals surface area contributed by atoms with Crippen molar-refractivity contribution in [3.63, 3.8) is 0 Å². The summed E-state index contributed by atoms with van der Waals surface area (Å²) in [5.41, 5.74) is 3.93. The zero-order valence-corrected chi connectivity index (χ0v) is 26.5. The van der Waals surface area contributed by atoms with Gasteiger partial charge in [-0.1, -0.05) is 38.6 Å². The standard InChI is InChI=1S/C34H41ClFN3O5/c1-20(22(3)35)21(2)32(23(4)36)44-33-27(7-6-8-30(33)40)24-11-14-38(15-12-24)19-31-37-28-10-9-25(34(41)42-5)17-29(28)39(31)18-26-13-16-43-26/h6-11,17,20-22,26,32,40H,4,12-16,18-19H2,1-3,5H3/t20-,21+,22-,26-,32?/m0/s1. The second kappa shape index (κ2) is 13.7. The van der Waals surface area contributed by atoms with Gasteiger partial charge in [-0.25, -0.2) is 14.2 Å². The molecule has 1 fully saturated rings. The third-order valence-corrected chi connectivity index (χ3v) is 9.41. The molecule has 0 radical (unpaired) electrons. The fraction of sp³-hybridized carbons (Fsp3) is 0.471. The van der Waals surface area contributed by atoms with Crippen molar-refractivity contribution >= 4 is 34.2 Å². The van der Waals surface area contributed by atoms with Crippen molar-refractivity contribution in [1.82, 2.24) is 14.5 Å². The molecule has 5 atom stereocenters. The first-order chi connectivity index (χ1) is 21.1. The summed E-state index contributed by atoms with van der Waals surface area (Å²) in [6.45, 7) is 12.7. The van der Waals surface area contributed by atoms with E-state index in [2.05, 4.69) is 22.1 Å². The average molecular weight is 626 g/mol. The van der Waals surface area contributed by atoms with E-state index in [1.807, 2.05) is 39.0 Å². The molecule has 0 bridgehead atoms. The quantitative estimate of drug-likeness (QED) is 0.176. The minimum absolute atomic E-state index is 0.0435. The number of phenols is 1. The molecule has 3 aromatic rings. The number of phenolic OH excluding ortho intramolecular Hbond substituents is 1. The molecule has 1 aromatic heterocycles. The summed E-state index contributed by atoms with van der Waals surface area (Å²) in [7, 11) is 1.38. The molecule has 0 aliphatic carbocycles. The molecule has 1 saturated heterocycles. The second-order valence-electron chi connectivity index (χ2n) is 11.9. The van der Waals surface area contributed by atoms with Crippen LogP contribution < -0.4 is 4.74 Å². The fourth-order valence-electron chi connectivity index (χ4n) is 5.85. The lowest BCUT2D eigenvalue weighted by Gasteiger charge is -2.31. The van der Waals surface area contributed by atoms with Gasteiger partial charge < -0.3 is 23.9 Å². The van der Waals surface area contributed by atoms with E-state index in [0.717, 1.165) is 47.6 Å². The molecular formula is C34H41ClFN3O5. The molecule has 1 N–H and O–H groups in total. The summed E-state index contributed by atoms with van der Waals surface area (Å²) in [5, 5.41) is 10.6. The highest BCUT2D eigenvalue weighted by Gasteiger charge is 2.32. The Kier molecular flexibility index (Phi) is 9.97. The van der Waals surface area contributed by atoms with Gasteiger partial charge in [-0.05, 0) is 55.5 Å². The van der Waals surface area contributed by atoms with Gasteiger partial charge in [0.25, 0.3) is 0 Å². The number of aromatic hydroxyl groups is 1. The smallest absolute Gasteiger partial charge is 0.337 e. The highest BCUT2D eigenvalue weighted by Crippen LogP contribution is 2.40. The largest absolute Gasteiger partial charge is 0.504 e. The summed E-state index contributed by atoms with van der Waals surface area (Å²) < 4.78 is 33.7. The van der Waals surface area contributed by atoms with Crippen molar-refractivity contribution in [2.24, 2.45) is 11.8 Å². The van der Waals surface area contributed by atoms with Crippen LogP contribution in [0.3, 0.4) is 0 Å². The van der Waals surface area contributed by atoms with E-state index in [1.165, 1.54) is 7.11 Å². The Balaban J connectivity index is 1.37. The van der Waals surface area contributed by atoms with Crippen LogP contribution in [0.1, 0.15) is 55.4 Å². The van der Waals surface area contributed by atoms with Crippen molar-refractivity contribution in [3.8, 4) is 11.5 Å². The molecule has 236 valence electrons. The Hall–Kier alpha value is -3.40. The zero-order chi connectivity index (χ0) is 31.5. The van der Waals surface area contributed by atoms with E-state index >= 15 is 0 Å². The Morgan fingerprint density at radius 2 is 2.02 bits per heavy atom. The van der Waals surface area contributed by atoms with Gasteiger partial charge in [0, 0.05) is 36.6 Å². The Bertz CT molecular complexity index is 1550. The molecule has 2 aliphatic heterocycles. The molecule has 2 aliphatic rings. The normalized spacial score (nSPS) is 19.9. The fourth-order valence-corrected chi connectivity index (χ4v) is 6.08. The van der Waals surface area contributed by atoms with Crippen LogP contribution >= 0.6 is 11.6 Å². The van der Waals surface area contributed by atoms with Crippen LogP contribution in [-0.2, 0) is 22.6 Å². The maximum absolute atomic E-state index is 14.7. The molecule has 10 heteroatoms. The molecule has 44 heavy (non-hydrogen) atoms. The molecule has 0 spiro atoms. The number of alkyl halides is 1. The number of benzene rings is 2. The third kappa shape index (κ3) is 6.80.